The topological polar surface area (TPSA) is 43.9 Å². The monoisotopic (exact) mass is 361 g/mol. The van der Waals surface area contributed by atoms with E-state index in [2.05, 4.69) is 10.1 Å². The number of hydrogen-bond donors (Lipinski definition) is 0. The van der Waals surface area contributed by atoms with Crippen LogP contribution in [-0.4, -0.2) is 14.8 Å². The highest BCUT2D eigenvalue weighted by atomic mass is 19.4. The van der Waals surface area contributed by atoms with E-state index >= 15 is 0 Å². The lowest BCUT2D eigenvalue weighted by atomic mass is 10.1. The first-order valence-corrected chi connectivity index (χ1v) is 7.62. The summed E-state index contributed by atoms with van der Waals surface area (Å²) in [4.78, 5) is 4.32. The maximum Gasteiger partial charge on any atom is 0.417 e. The Morgan fingerprint density at radius 2 is 1.81 bits per heavy atom. The van der Waals surface area contributed by atoms with Gasteiger partial charge in [0.2, 0.25) is 0 Å². The second-order valence-corrected chi connectivity index (χ2v) is 5.70. The molecular formula is C18H11F4N3O. The maximum absolute atomic E-state index is 13.6. The smallest absolute Gasteiger partial charge is 0.417 e. The Morgan fingerprint density at radius 3 is 2.42 bits per heavy atom. The van der Waals surface area contributed by atoms with Gasteiger partial charge in [0.1, 0.15) is 11.5 Å². The van der Waals surface area contributed by atoms with Crippen LogP contribution in [0.1, 0.15) is 11.3 Å². The number of hydrogen-bond acceptors (Lipinski definition) is 3. The predicted octanol–water partition coefficient (Wildman–Crippen LogP) is 5.15. The van der Waals surface area contributed by atoms with Gasteiger partial charge in [-0.1, -0.05) is 0 Å². The van der Waals surface area contributed by atoms with Crippen molar-refractivity contribution in [1.29, 1.82) is 0 Å². The Labute approximate surface area is 144 Å². The Hall–Kier alpha value is -3.16. The summed E-state index contributed by atoms with van der Waals surface area (Å²) >= 11 is 0. The third kappa shape index (κ3) is 2.63. The van der Waals surface area contributed by atoms with Gasteiger partial charge in [0, 0.05) is 0 Å². The van der Waals surface area contributed by atoms with E-state index in [-0.39, 0.29) is 28.2 Å². The number of benzene rings is 1. The lowest BCUT2D eigenvalue weighted by Crippen LogP contribution is -2.08. The first-order chi connectivity index (χ1) is 12.3. The average molecular weight is 361 g/mol. The first kappa shape index (κ1) is 16.3. The number of nitrogens with zero attached hydrogens (tertiary/aromatic N) is 3. The molecule has 3 aromatic heterocycles. The molecule has 132 valence electrons. The number of fused-ring (bicyclic) bond motifs is 1. The highest BCUT2D eigenvalue weighted by Gasteiger charge is 2.36. The summed E-state index contributed by atoms with van der Waals surface area (Å²) in [5, 5.41) is 4.09. The summed E-state index contributed by atoms with van der Waals surface area (Å²) in [6, 6.07) is 9.31. The van der Waals surface area contributed by atoms with E-state index in [1.54, 1.807) is 6.07 Å². The maximum atomic E-state index is 13.6. The van der Waals surface area contributed by atoms with Crippen LogP contribution < -0.4 is 0 Å². The molecule has 0 bridgehead atoms. The molecule has 0 amide bonds. The van der Waals surface area contributed by atoms with Crippen molar-refractivity contribution in [3.63, 3.8) is 0 Å². The standard InChI is InChI=1S/C18H11F4N3O/c1-10-16-13(18(20,21)22)9-14(15-3-2-8-26-15)23-17(16)25(24-10)12-6-4-11(19)5-7-12/h2-9H,1H3. The van der Waals surface area contributed by atoms with Crippen LogP contribution in [0.15, 0.2) is 53.1 Å². The molecule has 0 radical (unpaired) electrons. The van der Waals surface area contributed by atoms with Crippen molar-refractivity contribution in [3.8, 4) is 17.1 Å². The summed E-state index contributed by atoms with van der Waals surface area (Å²) in [7, 11) is 0. The molecule has 4 rings (SSSR count). The zero-order chi connectivity index (χ0) is 18.5. The Balaban J connectivity index is 2.06. The van der Waals surface area contributed by atoms with Crippen molar-refractivity contribution in [2.75, 3.05) is 0 Å². The molecule has 0 aliphatic heterocycles. The van der Waals surface area contributed by atoms with E-state index in [0.29, 0.717) is 5.69 Å². The van der Waals surface area contributed by atoms with Crippen molar-refractivity contribution in [3.05, 3.63) is 65.8 Å². The molecule has 4 nitrogen and oxygen atoms in total. The Bertz CT molecular complexity index is 1080. The summed E-state index contributed by atoms with van der Waals surface area (Å²) < 4.78 is 60.6. The van der Waals surface area contributed by atoms with Crippen molar-refractivity contribution in [2.24, 2.45) is 0 Å². The van der Waals surface area contributed by atoms with E-state index in [0.717, 1.165) is 6.07 Å². The van der Waals surface area contributed by atoms with Crippen molar-refractivity contribution in [1.82, 2.24) is 14.8 Å². The van der Waals surface area contributed by atoms with E-state index in [4.69, 9.17) is 4.42 Å². The molecular weight excluding hydrogens is 350 g/mol. The minimum Gasteiger partial charge on any atom is -0.463 e. The van der Waals surface area contributed by atoms with E-state index < -0.39 is 17.6 Å². The van der Waals surface area contributed by atoms with Crippen LogP contribution in [0.4, 0.5) is 17.6 Å². The minimum absolute atomic E-state index is 0.0235. The number of aryl methyl sites for hydroxylation is 1. The highest BCUT2D eigenvalue weighted by molar-refractivity contribution is 5.86. The quantitative estimate of drug-likeness (QED) is 0.464. The normalized spacial score (nSPS) is 12.0. The zero-order valence-electron chi connectivity index (χ0n) is 13.4. The van der Waals surface area contributed by atoms with Crippen LogP contribution in [0.2, 0.25) is 0 Å². The van der Waals surface area contributed by atoms with Crippen LogP contribution in [0.25, 0.3) is 28.2 Å². The molecule has 1 aromatic carbocycles. The second-order valence-electron chi connectivity index (χ2n) is 5.70. The Kier molecular flexibility index (Phi) is 3.57. The number of pyridine rings is 1. The van der Waals surface area contributed by atoms with Gasteiger partial charge in [0.05, 0.1) is 28.6 Å². The minimum atomic E-state index is -4.59. The summed E-state index contributed by atoms with van der Waals surface area (Å²) in [5.41, 5.74) is -0.204. The molecule has 0 unspecified atom stereocenters. The van der Waals surface area contributed by atoms with Gasteiger partial charge < -0.3 is 4.42 Å². The van der Waals surface area contributed by atoms with Crippen LogP contribution in [-0.2, 0) is 6.18 Å². The molecule has 0 aliphatic rings. The fourth-order valence-electron chi connectivity index (χ4n) is 2.83. The van der Waals surface area contributed by atoms with Crippen LogP contribution in [0, 0.1) is 12.7 Å². The van der Waals surface area contributed by atoms with E-state index in [1.807, 2.05) is 0 Å². The number of aromatic nitrogens is 3. The molecule has 3 heterocycles. The first-order valence-electron chi connectivity index (χ1n) is 7.62. The number of furan rings is 1. The molecule has 0 atom stereocenters. The van der Waals surface area contributed by atoms with Gasteiger partial charge >= 0.3 is 6.18 Å². The van der Waals surface area contributed by atoms with Gasteiger partial charge in [-0.25, -0.2) is 14.1 Å². The molecule has 0 spiro atoms. The molecule has 0 saturated heterocycles. The van der Waals surface area contributed by atoms with Gasteiger partial charge in [-0.2, -0.15) is 18.3 Å². The molecule has 26 heavy (non-hydrogen) atoms. The number of halogens is 4. The second kappa shape index (κ2) is 5.69. The van der Waals surface area contributed by atoms with Crippen LogP contribution in [0.3, 0.4) is 0 Å². The third-order valence-corrected chi connectivity index (χ3v) is 3.96. The number of alkyl halides is 3. The average Bonchev–Trinajstić information content (AvgIpc) is 3.23. The largest absolute Gasteiger partial charge is 0.463 e. The fraction of sp³-hybridized carbons (Fsp3) is 0.111. The van der Waals surface area contributed by atoms with E-state index in [9.17, 15) is 17.6 Å². The van der Waals surface area contributed by atoms with Crippen molar-refractivity contribution >= 4 is 11.0 Å². The van der Waals surface area contributed by atoms with Crippen LogP contribution in [0.5, 0.6) is 0 Å². The van der Waals surface area contributed by atoms with Gasteiger partial charge in [-0.05, 0) is 49.4 Å². The highest BCUT2D eigenvalue weighted by Crippen LogP contribution is 2.38. The summed E-state index contributed by atoms with van der Waals surface area (Å²) in [6.45, 7) is 1.48. The number of rotatable bonds is 2. The zero-order valence-corrected chi connectivity index (χ0v) is 13.4. The molecule has 0 fully saturated rings. The van der Waals surface area contributed by atoms with Gasteiger partial charge in [0.25, 0.3) is 0 Å². The molecule has 4 aromatic rings. The van der Waals surface area contributed by atoms with Gasteiger partial charge in [0.15, 0.2) is 11.4 Å². The SMILES string of the molecule is Cc1nn(-c2ccc(F)cc2)c2nc(-c3ccco3)cc(C(F)(F)F)c12. The lowest BCUT2D eigenvalue weighted by molar-refractivity contribution is -0.136. The van der Waals surface area contributed by atoms with E-state index in [1.165, 1.54) is 48.2 Å². The Morgan fingerprint density at radius 1 is 1.08 bits per heavy atom. The third-order valence-electron chi connectivity index (χ3n) is 3.96. The molecule has 0 N–H and O–H groups in total. The van der Waals surface area contributed by atoms with Gasteiger partial charge in [-0.3, -0.25) is 0 Å². The molecule has 0 saturated carbocycles. The summed E-state index contributed by atoms with van der Waals surface area (Å²) in [6.07, 6.45) is -3.24. The van der Waals surface area contributed by atoms with Crippen molar-refractivity contribution in [2.45, 2.75) is 13.1 Å². The predicted molar refractivity (Wildman–Crippen MR) is 86.3 cm³/mol. The van der Waals surface area contributed by atoms with Crippen LogP contribution >= 0.6 is 0 Å². The summed E-state index contributed by atoms with van der Waals surface area (Å²) in [5.74, 6) is -0.246. The van der Waals surface area contributed by atoms with Gasteiger partial charge in [-0.15, -0.1) is 0 Å². The lowest BCUT2D eigenvalue weighted by Gasteiger charge is -2.10. The van der Waals surface area contributed by atoms with Crippen molar-refractivity contribution < 1.29 is 22.0 Å². The molecule has 8 heteroatoms. The molecule has 0 aliphatic carbocycles. The fourth-order valence-corrected chi connectivity index (χ4v) is 2.83.